The Bertz CT molecular complexity index is 159. The van der Waals surface area contributed by atoms with Crippen LogP contribution in [0, 0.1) is 0 Å². The summed E-state index contributed by atoms with van der Waals surface area (Å²) in [6.45, 7) is 1.92. The van der Waals surface area contributed by atoms with Crippen molar-refractivity contribution in [2.24, 2.45) is 0 Å². The van der Waals surface area contributed by atoms with Crippen LogP contribution in [0.3, 0.4) is 0 Å². The van der Waals surface area contributed by atoms with Crippen molar-refractivity contribution in [1.82, 2.24) is 4.90 Å². The molecule has 1 rings (SSSR count). The van der Waals surface area contributed by atoms with E-state index < -0.39 is 10.6 Å². The summed E-state index contributed by atoms with van der Waals surface area (Å²) in [5.74, 6) is 0.382. The Morgan fingerprint density at radius 3 is 2.40 bits per heavy atom. The van der Waals surface area contributed by atoms with E-state index >= 15 is 0 Å². The maximum Gasteiger partial charge on any atom is 0.220 e. The van der Waals surface area contributed by atoms with Gasteiger partial charge in [0.1, 0.15) is 5.88 Å². The summed E-state index contributed by atoms with van der Waals surface area (Å²) < 4.78 is 18.1. The molecule has 0 unspecified atom stereocenters. The normalized spacial score (nSPS) is 26.5. The second-order valence-corrected chi connectivity index (χ2v) is 4.69. The van der Waals surface area contributed by atoms with Crippen LogP contribution in [0.15, 0.2) is 0 Å². The monoisotopic (exact) mass is 165 g/mol. The highest BCUT2D eigenvalue weighted by molar-refractivity contribution is 8.24. The molecule has 2 N–H and O–H groups in total. The lowest BCUT2D eigenvalue weighted by Gasteiger charge is -2.25. The largest absolute Gasteiger partial charge is 0.324 e. The van der Waals surface area contributed by atoms with Crippen molar-refractivity contribution in [1.29, 1.82) is 0 Å². The smallest absolute Gasteiger partial charge is 0.220 e. The molecule has 0 bridgehead atoms. The molecule has 4 nitrogen and oxygen atoms in total. The zero-order valence-electron chi connectivity index (χ0n) is 5.78. The van der Waals surface area contributed by atoms with Gasteiger partial charge in [-0.1, -0.05) is 0 Å². The van der Waals surface area contributed by atoms with E-state index in [4.69, 9.17) is 9.11 Å². The predicted molar refractivity (Wildman–Crippen MR) is 40.0 cm³/mol. The van der Waals surface area contributed by atoms with Gasteiger partial charge in [-0.05, 0) is 0 Å². The maximum absolute atomic E-state index is 10.7. The number of carbonyl (C=O) groups is 1. The second-order valence-electron chi connectivity index (χ2n) is 2.42. The summed E-state index contributed by atoms with van der Waals surface area (Å²) in [6, 6.07) is 0. The highest BCUT2D eigenvalue weighted by Crippen LogP contribution is 2.43. The van der Waals surface area contributed by atoms with E-state index in [0.29, 0.717) is 12.3 Å². The van der Waals surface area contributed by atoms with Gasteiger partial charge in [0.05, 0.1) is 5.75 Å². The van der Waals surface area contributed by atoms with E-state index in [1.165, 1.54) is 11.8 Å². The number of hydrogen-bond donors (Lipinski definition) is 2. The fourth-order valence-corrected chi connectivity index (χ4v) is 2.34. The van der Waals surface area contributed by atoms with Crippen molar-refractivity contribution >= 4 is 16.5 Å². The minimum Gasteiger partial charge on any atom is -0.324 e. The molecule has 0 saturated carbocycles. The third kappa shape index (κ3) is 1.62. The summed E-state index contributed by atoms with van der Waals surface area (Å²) in [4.78, 5) is 12.1. The molecule has 0 spiro atoms. The lowest BCUT2D eigenvalue weighted by molar-refractivity contribution is -0.127. The van der Waals surface area contributed by atoms with E-state index in [1.807, 2.05) is 0 Å². The van der Waals surface area contributed by atoms with Gasteiger partial charge < -0.3 is 4.90 Å². The van der Waals surface area contributed by atoms with Crippen LogP contribution in [0.4, 0.5) is 0 Å². The van der Waals surface area contributed by atoms with Crippen LogP contribution in [-0.2, 0) is 4.79 Å². The Morgan fingerprint density at radius 2 is 2.20 bits per heavy atom. The van der Waals surface area contributed by atoms with Crippen molar-refractivity contribution in [3.63, 3.8) is 0 Å². The van der Waals surface area contributed by atoms with Gasteiger partial charge in [0.15, 0.2) is 0 Å². The number of carbonyl (C=O) groups excluding carboxylic acids is 1. The molecule has 1 heterocycles. The van der Waals surface area contributed by atoms with Crippen LogP contribution in [0.25, 0.3) is 0 Å². The summed E-state index contributed by atoms with van der Waals surface area (Å²) in [5.41, 5.74) is 0. The van der Waals surface area contributed by atoms with E-state index in [-0.39, 0.29) is 11.8 Å². The van der Waals surface area contributed by atoms with Crippen LogP contribution in [0.2, 0.25) is 0 Å². The number of rotatable bonds is 0. The van der Waals surface area contributed by atoms with Crippen molar-refractivity contribution < 1.29 is 13.9 Å². The molecular weight excluding hydrogens is 154 g/mol. The molecule has 1 aliphatic rings. The van der Waals surface area contributed by atoms with Gasteiger partial charge in [-0.2, -0.15) is 10.6 Å². The van der Waals surface area contributed by atoms with Gasteiger partial charge in [-0.15, -0.1) is 0 Å². The topological polar surface area (TPSA) is 60.8 Å². The minimum absolute atomic E-state index is 0.0857. The molecule has 1 aliphatic heterocycles. The molecule has 1 saturated heterocycles. The molecule has 5 heteroatoms. The highest BCUT2D eigenvalue weighted by Gasteiger charge is 2.27. The van der Waals surface area contributed by atoms with Crippen molar-refractivity contribution in [2.45, 2.75) is 6.92 Å². The summed E-state index contributed by atoms with van der Waals surface area (Å²) in [5, 5.41) is 0. The third-order valence-electron chi connectivity index (χ3n) is 1.50. The average molecular weight is 165 g/mol. The van der Waals surface area contributed by atoms with Crippen LogP contribution in [0.5, 0.6) is 0 Å². The number of amides is 1. The van der Waals surface area contributed by atoms with E-state index in [9.17, 15) is 4.79 Å². The molecule has 0 atom stereocenters. The molecule has 60 valence electrons. The lowest BCUT2D eigenvalue weighted by atomic mass is 10.6. The first kappa shape index (κ1) is 7.84. The predicted octanol–water partition coefficient (Wildman–Crippen LogP) is 0.557. The Labute approximate surface area is 61.2 Å². The standard InChI is InChI=1S/C5H11NO3S/c1-5(7)6-2-3-10(8,9)4-6/h8-9H,2-4H2,1H3. The maximum atomic E-state index is 10.7. The second kappa shape index (κ2) is 2.41. The minimum atomic E-state index is -2.44. The van der Waals surface area contributed by atoms with Crippen LogP contribution >= 0.6 is 10.6 Å². The van der Waals surface area contributed by atoms with Gasteiger partial charge in [0.25, 0.3) is 0 Å². The van der Waals surface area contributed by atoms with E-state index in [0.717, 1.165) is 0 Å². The zero-order valence-corrected chi connectivity index (χ0v) is 6.60. The van der Waals surface area contributed by atoms with Crippen LogP contribution in [-0.4, -0.2) is 38.1 Å². The van der Waals surface area contributed by atoms with Crippen molar-refractivity contribution in [2.75, 3.05) is 18.2 Å². The summed E-state index contributed by atoms with van der Waals surface area (Å²) in [7, 11) is -2.44. The highest BCUT2D eigenvalue weighted by atomic mass is 32.3. The Kier molecular flexibility index (Phi) is 1.89. The zero-order chi connectivity index (χ0) is 7.78. The van der Waals surface area contributed by atoms with Crippen LogP contribution < -0.4 is 0 Å². The quantitative estimate of drug-likeness (QED) is 0.551. The molecule has 0 radical (unpaired) electrons. The van der Waals surface area contributed by atoms with Gasteiger partial charge in [0.2, 0.25) is 5.91 Å². The molecule has 0 aliphatic carbocycles. The van der Waals surface area contributed by atoms with Crippen LogP contribution in [0.1, 0.15) is 6.92 Å². The molecule has 1 amide bonds. The van der Waals surface area contributed by atoms with E-state index in [1.54, 1.807) is 0 Å². The lowest BCUT2D eigenvalue weighted by Crippen LogP contribution is -2.25. The first-order chi connectivity index (χ1) is 4.51. The average Bonchev–Trinajstić information content (AvgIpc) is 2.10. The number of nitrogens with zero attached hydrogens (tertiary/aromatic N) is 1. The first-order valence-electron chi connectivity index (χ1n) is 3.00. The Morgan fingerprint density at radius 1 is 1.60 bits per heavy atom. The fourth-order valence-electron chi connectivity index (χ4n) is 0.883. The van der Waals surface area contributed by atoms with Gasteiger partial charge in [-0.3, -0.25) is 13.9 Å². The van der Waals surface area contributed by atoms with Gasteiger partial charge in [-0.25, -0.2) is 0 Å². The van der Waals surface area contributed by atoms with Crippen molar-refractivity contribution in [3.05, 3.63) is 0 Å². The van der Waals surface area contributed by atoms with E-state index in [2.05, 4.69) is 0 Å². The first-order valence-corrected chi connectivity index (χ1v) is 4.89. The SMILES string of the molecule is CC(=O)N1CCS(O)(O)C1. The number of hydrogen-bond acceptors (Lipinski definition) is 3. The molecule has 0 aromatic rings. The molecule has 1 fully saturated rings. The molecule has 0 aromatic heterocycles. The van der Waals surface area contributed by atoms with Crippen molar-refractivity contribution in [3.8, 4) is 0 Å². The summed E-state index contributed by atoms with van der Waals surface area (Å²) >= 11 is 0. The third-order valence-corrected chi connectivity index (χ3v) is 3.06. The molecule has 10 heavy (non-hydrogen) atoms. The van der Waals surface area contributed by atoms with Gasteiger partial charge >= 0.3 is 0 Å². The Balaban J connectivity index is 2.51. The Hall–Kier alpha value is -0.260. The summed E-state index contributed by atoms with van der Waals surface area (Å²) in [6.07, 6.45) is 0. The molecular formula is C5H11NO3S. The van der Waals surface area contributed by atoms with Gasteiger partial charge in [0, 0.05) is 13.5 Å². The molecule has 0 aromatic carbocycles. The fraction of sp³-hybridized carbons (Fsp3) is 0.800.